The molecule has 10 heteroatoms. The molecule has 2 heterocycles. The van der Waals surface area contributed by atoms with E-state index in [0.29, 0.717) is 18.2 Å². The first-order valence-electron chi connectivity index (χ1n) is 10.1. The maximum atomic E-state index is 12.6. The monoisotopic (exact) mass is 426 g/mol. The van der Waals surface area contributed by atoms with Gasteiger partial charge in [0.05, 0.1) is 5.69 Å². The van der Waals surface area contributed by atoms with Gasteiger partial charge in [0.1, 0.15) is 0 Å². The molecule has 0 saturated heterocycles. The fraction of sp³-hybridized carbons (Fsp3) is 0.429. The fourth-order valence-electron chi connectivity index (χ4n) is 2.83. The highest BCUT2D eigenvalue weighted by Gasteiger charge is 2.19. The van der Waals surface area contributed by atoms with Crippen LogP contribution in [0.25, 0.3) is 17.2 Å². The summed E-state index contributed by atoms with van der Waals surface area (Å²) in [5.74, 6) is 0.585. The molecule has 0 aliphatic heterocycles. The maximum Gasteiger partial charge on any atom is 0.351 e. The van der Waals surface area contributed by atoms with Crippen LogP contribution in [0.1, 0.15) is 38.1 Å². The van der Waals surface area contributed by atoms with Gasteiger partial charge >= 0.3 is 5.69 Å². The predicted molar refractivity (Wildman–Crippen MR) is 114 cm³/mol. The molecule has 0 bridgehead atoms. The van der Waals surface area contributed by atoms with Crippen molar-refractivity contribution in [2.45, 2.75) is 40.0 Å². The number of nitrogens with zero attached hydrogens (tertiary/aromatic N) is 5. The van der Waals surface area contributed by atoms with Crippen molar-refractivity contribution < 1.29 is 9.32 Å². The van der Waals surface area contributed by atoms with Crippen molar-refractivity contribution in [3.8, 4) is 17.2 Å². The van der Waals surface area contributed by atoms with Gasteiger partial charge in [0, 0.05) is 26.4 Å². The van der Waals surface area contributed by atoms with E-state index in [0.717, 1.165) is 21.2 Å². The lowest BCUT2D eigenvalue weighted by Gasteiger charge is -2.08. The standard InChI is InChI=1S/C21H26N6O4/c1-13(2)11-12-22-16(28)9-10-17-23-19(25-31-17)18-20(29)26(4)21(30)27(24-18)15-7-5-14(3)6-8-15/h5-8,13H,9-12H2,1-4H3,(H,22,28). The number of rotatable bonds is 8. The summed E-state index contributed by atoms with van der Waals surface area (Å²) in [5.41, 5.74) is 0.206. The van der Waals surface area contributed by atoms with Gasteiger partial charge in [-0.05, 0) is 31.4 Å². The van der Waals surface area contributed by atoms with Gasteiger partial charge in [-0.25, -0.2) is 4.79 Å². The van der Waals surface area contributed by atoms with E-state index in [4.69, 9.17) is 4.52 Å². The summed E-state index contributed by atoms with van der Waals surface area (Å²) in [7, 11) is 1.36. The second-order valence-electron chi connectivity index (χ2n) is 7.79. The Kier molecular flexibility index (Phi) is 6.78. The Bertz CT molecular complexity index is 1170. The molecule has 0 fully saturated rings. The Hall–Kier alpha value is -3.56. The largest absolute Gasteiger partial charge is 0.356 e. The summed E-state index contributed by atoms with van der Waals surface area (Å²) < 4.78 is 7.25. The highest BCUT2D eigenvalue weighted by Crippen LogP contribution is 2.11. The number of amides is 1. The molecular formula is C21H26N6O4. The van der Waals surface area contributed by atoms with Gasteiger partial charge in [-0.3, -0.25) is 14.2 Å². The smallest absolute Gasteiger partial charge is 0.351 e. The summed E-state index contributed by atoms with van der Waals surface area (Å²) in [5, 5.41) is 10.8. The van der Waals surface area contributed by atoms with E-state index in [9.17, 15) is 14.4 Å². The number of aryl methyl sites for hydroxylation is 2. The van der Waals surface area contributed by atoms with Crippen molar-refractivity contribution in [2.75, 3.05) is 6.54 Å². The van der Waals surface area contributed by atoms with E-state index < -0.39 is 11.2 Å². The summed E-state index contributed by atoms with van der Waals surface area (Å²) in [4.78, 5) is 41.2. The molecule has 0 spiro atoms. The predicted octanol–water partition coefficient (Wildman–Crippen LogP) is 1.38. The Labute approximate surface area is 178 Å². The summed E-state index contributed by atoms with van der Waals surface area (Å²) in [6.07, 6.45) is 1.33. The Balaban J connectivity index is 1.80. The molecule has 10 nitrogen and oxygen atoms in total. The zero-order valence-electron chi connectivity index (χ0n) is 18.1. The summed E-state index contributed by atoms with van der Waals surface area (Å²) in [6.45, 7) is 6.72. The molecule has 2 aromatic heterocycles. The van der Waals surface area contributed by atoms with E-state index in [1.807, 2.05) is 19.1 Å². The topological polar surface area (TPSA) is 125 Å². The van der Waals surface area contributed by atoms with Crippen molar-refractivity contribution in [3.63, 3.8) is 0 Å². The Morgan fingerprint density at radius 1 is 1.19 bits per heavy atom. The van der Waals surface area contributed by atoms with Crippen LogP contribution in [0.2, 0.25) is 0 Å². The van der Waals surface area contributed by atoms with Gasteiger partial charge in [-0.15, -0.1) is 0 Å². The molecule has 0 aliphatic carbocycles. The minimum absolute atomic E-state index is 0.0309. The molecule has 1 amide bonds. The van der Waals surface area contributed by atoms with Crippen molar-refractivity contribution >= 4 is 5.91 Å². The number of hydrogen-bond donors (Lipinski definition) is 1. The second kappa shape index (κ2) is 9.50. The van der Waals surface area contributed by atoms with E-state index >= 15 is 0 Å². The molecule has 31 heavy (non-hydrogen) atoms. The lowest BCUT2D eigenvalue weighted by Crippen LogP contribution is -2.40. The molecule has 0 radical (unpaired) electrons. The van der Waals surface area contributed by atoms with Crippen LogP contribution in [-0.4, -0.2) is 36.9 Å². The molecule has 3 rings (SSSR count). The third kappa shape index (κ3) is 5.33. The molecule has 3 aromatic rings. The summed E-state index contributed by atoms with van der Waals surface area (Å²) in [6, 6.07) is 7.15. The van der Waals surface area contributed by atoms with Gasteiger partial charge in [-0.1, -0.05) is 36.7 Å². The van der Waals surface area contributed by atoms with Crippen molar-refractivity contribution in [1.82, 2.24) is 29.8 Å². The molecular weight excluding hydrogens is 400 g/mol. The minimum Gasteiger partial charge on any atom is -0.356 e. The van der Waals surface area contributed by atoms with E-state index in [2.05, 4.69) is 34.4 Å². The van der Waals surface area contributed by atoms with Crippen LogP contribution < -0.4 is 16.6 Å². The summed E-state index contributed by atoms with van der Waals surface area (Å²) >= 11 is 0. The molecule has 0 aliphatic rings. The van der Waals surface area contributed by atoms with Crippen molar-refractivity contribution in [2.24, 2.45) is 13.0 Å². The van der Waals surface area contributed by atoms with E-state index in [1.165, 1.54) is 7.05 Å². The zero-order chi connectivity index (χ0) is 22.5. The normalized spacial score (nSPS) is 11.1. The number of benzene rings is 1. The molecule has 0 atom stereocenters. The van der Waals surface area contributed by atoms with Crippen LogP contribution in [0.4, 0.5) is 0 Å². The zero-order valence-corrected chi connectivity index (χ0v) is 18.1. The first-order valence-corrected chi connectivity index (χ1v) is 10.1. The number of aromatic nitrogens is 5. The fourth-order valence-corrected chi connectivity index (χ4v) is 2.83. The second-order valence-corrected chi connectivity index (χ2v) is 7.79. The number of carbonyl (C=O) groups is 1. The molecule has 164 valence electrons. The van der Waals surface area contributed by atoms with Crippen LogP contribution in [0, 0.1) is 12.8 Å². The number of hydrogen-bond acceptors (Lipinski definition) is 7. The van der Waals surface area contributed by atoms with Crippen molar-refractivity contribution in [1.29, 1.82) is 0 Å². The quantitative estimate of drug-likeness (QED) is 0.577. The average Bonchev–Trinajstić information content (AvgIpc) is 3.20. The minimum atomic E-state index is -0.632. The molecule has 1 aromatic carbocycles. The third-order valence-corrected chi connectivity index (χ3v) is 4.74. The van der Waals surface area contributed by atoms with Crippen LogP contribution in [0.3, 0.4) is 0 Å². The first-order chi connectivity index (χ1) is 14.8. The van der Waals surface area contributed by atoms with Crippen LogP contribution in [0.15, 0.2) is 38.4 Å². The average molecular weight is 426 g/mol. The van der Waals surface area contributed by atoms with Crippen molar-refractivity contribution in [3.05, 3.63) is 56.6 Å². The number of nitrogens with one attached hydrogen (secondary N) is 1. The highest BCUT2D eigenvalue weighted by molar-refractivity contribution is 5.75. The maximum absolute atomic E-state index is 12.6. The van der Waals surface area contributed by atoms with E-state index in [1.54, 1.807) is 12.1 Å². The van der Waals surface area contributed by atoms with Crippen LogP contribution in [0.5, 0.6) is 0 Å². The van der Waals surface area contributed by atoms with Gasteiger partial charge in [-0.2, -0.15) is 14.8 Å². The highest BCUT2D eigenvalue weighted by atomic mass is 16.5. The van der Waals surface area contributed by atoms with Crippen LogP contribution in [-0.2, 0) is 18.3 Å². The lowest BCUT2D eigenvalue weighted by molar-refractivity contribution is -0.121. The Morgan fingerprint density at radius 3 is 2.58 bits per heavy atom. The van der Waals surface area contributed by atoms with Gasteiger partial charge in [0.2, 0.25) is 17.6 Å². The van der Waals surface area contributed by atoms with Gasteiger partial charge in [0.25, 0.3) is 5.56 Å². The molecule has 1 N–H and O–H groups in total. The third-order valence-electron chi connectivity index (χ3n) is 4.74. The van der Waals surface area contributed by atoms with E-state index in [-0.39, 0.29) is 36.2 Å². The van der Waals surface area contributed by atoms with Gasteiger partial charge in [0.15, 0.2) is 5.69 Å². The molecule has 0 saturated carbocycles. The van der Waals surface area contributed by atoms with Gasteiger partial charge < -0.3 is 9.84 Å². The Morgan fingerprint density at radius 2 is 1.90 bits per heavy atom. The first kappa shape index (κ1) is 22.1. The number of carbonyl (C=O) groups excluding carboxylic acids is 1. The van der Waals surface area contributed by atoms with Crippen LogP contribution >= 0.6 is 0 Å². The lowest BCUT2D eigenvalue weighted by atomic mass is 10.1. The SMILES string of the molecule is Cc1ccc(-n2nc(-c3noc(CCC(=O)NCCC(C)C)n3)c(=O)n(C)c2=O)cc1. The molecule has 0 unspecified atom stereocenters.